The van der Waals surface area contributed by atoms with Gasteiger partial charge in [-0.25, -0.2) is 4.68 Å². The Kier molecular flexibility index (Phi) is 2.92. The largest absolute Gasteiger partial charge is 0.324 e. The van der Waals surface area contributed by atoms with E-state index in [2.05, 4.69) is 42.4 Å². The molecule has 1 fully saturated rings. The number of nitrogens with zero attached hydrogens (tertiary/aromatic N) is 2. The smallest absolute Gasteiger partial charge is 0.0659 e. The average molecular weight is 241 g/mol. The Morgan fingerprint density at radius 2 is 2.22 bits per heavy atom. The van der Waals surface area contributed by atoms with Crippen LogP contribution < -0.4 is 5.73 Å². The standard InChI is InChI=1S/C15H19N3/c1-2-14(16)12-4-3-5-13(10-12)18-9-8-15(17-18)11-6-7-11/h3-5,8-11,14H,2,6-7,16H2,1H3. The molecule has 3 heteroatoms. The molecule has 1 aliphatic rings. The summed E-state index contributed by atoms with van der Waals surface area (Å²) in [5, 5.41) is 4.64. The van der Waals surface area contributed by atoms with E-state index in [1.165, 1.54) is 24.1 Å². The summed E-state index contributed by atoms with van der Waals surface area (Å²) in [4.78, 5) is 0. The second kappa shape index (κ2) is 4.58. The van der Waals surface area contributed by atoms with Crippen LogP contribution in [0.25, 0.3) is 5.69 Å². The lowest BCUT2D eigenvalue weighted by atomic mass is 10.1. The molecule has 0 amide bonds. The Bertz CT molecular complexity index is 540. The molecule has 1 saturated carbocycles. The van der Waals surface area contributed by atoms with Gasteiger partial charge in [0, 0.05) is 18.2 Å². The van der Waals surface area contributed by atoms with Gasteiger partial charge in [0.05, 0.1) is 11.4 Å². The minimum absolute atomic E-state index is 0.114. The zero-order valence-electron chi connectivity index (χ0n) is 10.7. The SMILES string of the molecule is CCC(N)c1cccc(-n2ccc(C3CC3)n2)c1. The molecule has 1 heterocycles. The highest BCUT2D eigenvalue weighted by Gasteiger charge is 2.25. The van der Waals surface area contributed by atoms with Gasteiger partial charge in [0.1, 0.15) is 0 Å². The predicted molar refractivity (Wildman–Crippen MR) is 72.8 cm³/mol. The maximum absolute atomic E-state index is 6.08. The minimum Gasteiger partial charge on any atom is -0.324 e. The van der Waals surface area contributed by atoms with Crippen molar-refractivity contribution >= 4 is 0 Å². The first-order chi connectivity index (χ1) is 8.78. The van der Waals surface area contributed by atoms with Crippen molar-refractivity contribution in [2.45, 2.75) is 38.1 Å². The van der Waals surface area contributed by atoms with E-state index in [-0.39, 0.29) is 6.04 Å². The van der Waals surface area contributed by atoms with Crippen LogP contribution in [0.2, 0.25) is 0 Å². The second-order valence-corrected chi connectivity index (χ2v) is 5.07. The molecule has 1 aliphatic carbocycles. The molecule has 3 nitrogen and oxygen atoms in total. The lowest BCUT2D eigenvalue weighted by Gasteiger charge is -2.10. The molecule has 0 aliphatic heterocycles. The summed E-state index contributed by atoms with van der Waals surface area (Å²) in [6.07, 6.45) is 5.58. The third-order valence-corrected chi connectivity index (χ3v) is 3.61. The van der Waals surface area contributed by atoms with Gasteiger partial charge < -0.3 is 5.73 Å². The Labute approximate surface area is 108 Å². The summed E-state index contributed by atoms with van der Waals surface area (Å²) >= 11 is 0. The third kappa shape index (κ3) is 2.18. The summed E-state index contributed by atoms with van der Waals surface area (Å²) in [7, 11) is 0. The van der Waals surface area contributed by atoms with Crippen LogP contribution in [0.4, 0.5) is 0 Å². The monoisotopic (exact) mass is 241 g/mol. The number of benzene rings is 1. The van der Waals surface area contributed by atoms with Gasteiger partial charge in [-0.2, -0.15) is 5.10 Å². The van der Waals surface area contributed by atoms with Crippen molar-refractivity contribution in [3.05, 3.63) is 47.8 Å². The summed E-state index contributed by atoms with van der Waals surface area (Å²) in [5.74, 6) is 0.701. The average Bonchev–Trinajstić information content (AvgIpc) is 3.15. The predicted octanol–water partition coefficient (Wildman–Crippen LogP) is 3.16. The van der Waals surface area contributed by atoms with Crippen molar-refractivity contribution in [2.24, 2.45) is 5.73 Å². The number of rotatable bonds is 4. The van der Waals surface area contributed by atoms with E-state index in [0.717, 1.165) is 12.1 Å². The van der Waals surface area contributed by atoms with E-state index >= 15 is 0 Å². The number of hydrogen-bond acceptors (Lipinski definition) is 2. The first-order valence-electron chi connectivity index (χ1n) is 6.69. The zero-order chi connectivity index (χ0) is 12.5. The van der Waals surface area contributed by atoms with E-state index in [4.69, 9.17) is 5.73 Å². The van der Waals surface area contributed by atoms with E-state index in [9.17, 15) is 0 Å². The fourth-order valence-electron chi connectivity index (χ4n) is 2.21. The fraction of sp³-hybridized carbons (Fsp3) is 0.400. The van der Waals surface area contributed by atoms with Crippen LogP contribution in [0.5, 0.6) is 0 Å². The number of nitrogens with two attached hydrogens (primary N) is 1. The van der Waals surface area contributed by atoms with Crippen molar-refractivity contribution in [1.82, 2.24) is 9.78 Å². The first kappa shape index (κ1) is 11.5. The van der Waals surface area contributed by atoms with E-state index in [0.29, 0.717) is 5.92 Å². The topological polar surface area (TPSA) is 43.8 Å². The van der Waals surface area contributed by atoms with Crippen molar-refractivity contribution in [2.75, 3.05) is 0 Å². The lowest BCUT2D eigenvalue weighted by Crippen LogP contribution is -2.09. The number of hydrogen-bond donors (Lipinski definition) is 1. The van der Waals surface area contributed by atoms with Gasteiger partial charge in [0.15, 0.2) is 0 Å². The van der Waals surface area contributed by atoms with Crippen LogP contribution in [0, 0.1) is 0 Å². The van der Waals surface area contributed by atoms with Crippen molar-refractivity contribution in [3.63, 3.8) is 0 Å². The summed E-state index contributed by atoms with van der Waals surface area (Å²) in [5.41, 5.74) is 9.58. The summed E-state index contributed by atoms with van der Waals surface area (Å²) in [6, 6.07) is 10.6. The molecular weight excluding hydrogens is 222 g/mol. The quantitative estimate of drug-likeness (QED) is 0.893. The molecule has 0 radical (unpaired) electrons. The van der Waals surface area contributed by atoms with Crippen molar-refractivity contribution < 1.29 is 0 Å². The molecule has 1 unspecified atom stereocenters. The van der Waals surface area contributed by atoms with Crippen LogP contribution in [-0.2, 0) is 0 Å². The highest BCUT2D eigenvalue weighted by molar-refractivity contribution is 5.37. The van der Waals surface area contributed by atoms with Crippen LogP contribution in [-0.4, -0.2) is 9.78 Å². The second-order valence-electron chi connectivity index (χ2n) is 5.07. The molecule has 94 valence electrons. The van der Waals surface area contributed by atoms with Gasteiger partial charge in [0.25, 0.3) is 0 Å². The molecule has 2 N–H and O–H groups in total. The minimum atomic E-state index is 0.114. The highest BCUT2D eigenvalue weighted by Crippen LogP contribution is 2.39. The van der Waals surface area contributed by atoms with E-state index < -0.39 is 0 Å². The van der Waals surface area contributed by atoms with Gasteiger partial charge in [-0.3, -0.25) is 0 Å². The highest BCUT2D eigenvalue weighted by atomic mass is 15.3. The Balaban J connectivity index is 1.90. The van der Waals surface area contributed by atoms with Crippen molar-refractivity contribution in [1.29, 1.82) is 0 Å². The zero-order valence-corrected chi connectivity index (χ0v) is 10.7. The molecule has 0 bridgehead atoms. The first-order valence-corrected chi connectivity index (χ1v) is 6.69. The maximum atomic E-state index is 6.08. The van der Waals surface area contributed by atoms with Crippen molar-refractivity contribution in [3.8, 4) is 5.69 Å². The molecule has 1 aromatic heterocycles. The van der Waals surface area contributed by atoms with Gasteiger partial charge in [-0.15, -0.1) is 0 Å². The molecule has 0 spiro atoms. The van der Waals surface area contributed by atoms with Gasteiger partial charge in [-0.1, -0.05) is 19.1 Å². The van der Waals surface area contributed by atoms with E-state index in [1.54, 1.807) is 0 Å². The van der Waals surface area contributed by atoms with E-state index in [1.807, 2.05) is 10.9 Å². The van der Waals surface area contributed by atoms with Crippen LogP contribution >= 0.6 is 0 Å². The van der Waals surface area contributed by atoms with Crippen LogP contribution in [0.3, 0.4) is 0 Å². The Hall–Kier alpha value is -1.61. The van der Waals surface area contributed by atoms with Gasteiger partial charge >= 0.3 is 0 Å². The molecular formula is C15H19N3. The van der Waals surface area contributed by atoms with Crippen LogP contribution in [0.15, 0.2) is 36.5 Å². The maximum Gasteiger partial charge on any atom is 0.0659 e. The molecule has 1 aromatic carbocycles. The lowest BCUT2D eigenvalue weighted by molar-refractivity contribution is 0.696. The van der Waals surface area contributed by atoms with Gasteiger partial charge in [-0.05, 0) is 43.0 Å². The molecule has 0 saturated heterocycles. The Morgan fingerprint density at radius 1 is 1.39 bits per heavy atom. The fourth-order valence-corrected chi connectivity index (χ4v) is 2.21. The molecule has 1 atom stereocenters. The summed E-state index contributed by atoms with van der Waals surface area (Å²) < 4.78 is 1.96. The van der Waals surface area contributed by atoms with Gasteiger partial charge in [0.2, 0.25) is 0 Å². The normalized spacial score (nSPS) is 16.8. The third-order valence-electron chi connectivity index (χ3n) is 3.61. The molecule has 18 heavy (non-hydrogen) atoms. The van der Waals surface area contributed by atoms with Crippen LogP contribution in [0.1, 0.15) is 49.4 Å². The molecule has 2 aromatic rings. The summed E-state index contributed by atoms with van der Waals surface area (Å²) in [6.45, 7) is 2.11. The number of aromatic nitrogens is 2. The Morgan fingerprint density at radius 3 is 2.94 bits per heavy atom. The molecule has 3 rings (SSSR count).